The maximum absolute atomic E-state index is 13.3. The van der Waals surface area contributed by atoms with Gasteiger partial charge < -0.3 is 10.3 Å². The number of nitrogens with two attached hydrogens (primary N) is 1. The van der Waals surface area contributed by atoms with Crippen molar-refractivity contribution in [2.75, 3.05) is 0 Å². The molecule has 7 nitrogen and oxygen atoms in total. The van der Waals surface area contributed by atoms with Crippen molar-refractivity contribution in [2.24, 2.45) is 10.8 Å². The molecule has 8 heteroatoms. The van der Waals surface area contributed by atoms with Crippen LogP contribution in [0.15, 0.2) is 63.0 Å². The third-order valence-electron chi connectivity index (χ3n) is 4.94. The molecule has 0 spiro atoms. The number of fused-ring (bicyclic) bond motifs is 2. The molecule has 2 heterocycles. The van der Waals surface area contributed by atoms with Crippen LogP contribution in [0.25, 0.3) is 21.8 Å². The van der Waals surface area contributed by atoms with Crippen LogP contribution >= 0.6 is 15.9 Å². The molecule has 158 valence electrons. The zero-order valence-electron chi connectivity index (χ0n) is 17.5. The summed E-state index contributed by atoms with van der Waals surface area (Å²) in [5.74, 6) is 0.129. The average molecular weight is 480 g/mol. The lowest BCUT2D eigenvalue weighted by atomic mass is 9.95. The second-order valence-electron chi connectivity index (χ2n) is 8.40. The number of para-hydroxylation sites is 1. The molecule has 0 aliphatic rings. The molecule has 0 aliphatic carbocycles. The number of carbonyl (C=O) groups is 1. The Morgan fingerprint density at radius 1 is 1.19 bits per heavy atom. The van der Waals surface area contributed by atoms with Crippen LogP contribution in [0.5, 0.6) is 0 Å². The molecule has 1 amide bonds. The summed E-state index contributed by atoms with van der Waals surface area (Å²) in [6, 6.07) is 13.1. The van der Waals surface area contributed by atoms with Crippen molar-refractivity contribution in [1.82, 2.24) is 14.2 Å². The highest BCUT2D eigenvalue weighted by Crippen LogP contribution is 2.24. The summed E-state index contributed by atoms with van der Waals surface area (Å²) in [7, 11) is 0. The van der Waals surface area contributed by atoms with Gasteiger partial charge in [-0.2, -0.15) is 9.78 Å². The number of aromatic nitrogens is 3. The van der Waals surface area contributed by atoms with Gasteiger partial charge in [-0.05, 0) is 24.3 Å². The van der Waals surface area contributed by atoms with E-state index in [2.05, 4.69) is 21.0 Å². The first-order chi connectivity index (χ1) is 14.6. The summed E-state index contributed by atoms with van der Waals surface area (Å²) in [6.07, 6.45) is 3.44. The lowest BCUT2D eigenvalue weighted by Crippen LogP contribution is -2.29. The summed E-state index contributed by atoms with van der Waals surface area (Å²) >= 11 is 3.42. The summed E-state index contributed by atoms with van der Waals surface area (Å²) < 4.78 is 3.93. The van der Waals surface area contributed by atoms with Crippen LogP contribution in [-0.2, 0) is 16.8 Å². The summed E-state index contributed by atoms with van der Waals surface area (Å²) in [6.45, 7) is 6.03. The molecule has 4 aromatic rings. The van der Waals surface area contributed by atoms with E-state index in [9.17, 15) is 9.59 Å². The van der Waals surface area contributed by atoms with Crippen LogP contribution in [-0.4, -0.2) is 26.3 Å². The second kappa shape index (κ2) is 7.77. The van der Waals surface area contributed by atoms with Crippen molar-refractivity contribution in [3.8, 4) is 0 Å². The van der Waals surface area contributed by atoms with Crippen LogP contribution < -0.4 is 11.3 Å². The first kappa shape index (κ1) is 21.0. The van der Waals surface area contributed by atoms with Gasteiger partial charge in [0.2, 0.25) is 5.91 Å². The van der Waals surface area contributed by atoms with Crippen molar-refractivity contribution in [2.45, 2.75) is 32.7 Å². The summed E-state index contributed by atoms with van der Waals surface area (Å²) in [5, 5.41) is 5.93. The third kappa shape index (κ3) is 4.03. The van der Waals surface area contributed by atoms with Crippen LogP contribution in [0.4, 0.5) is 0 Å². The Hall–Kier alpha value is -3.26. The second-order valence-corrected chi connectivity index (χ2v) is 9.32. The molecule has 0 fully saturated rings. The first-order valence-electron chi connectivity index (χ1n) is 9.78. The lowest BCUT2D eigenvalue weighted by molar-refractivity contribution is -0.118. The molecular weight excluding hydrogens is 458 g/mol. The van der Waals surface area contributed by atoms with E-state index in [1.807, 2.05) is 63.4 Å². The number of carbonyl (C=O) groups excluding carboxylic acids is 1. The molecule has 2 N–H and O–H groups in total. The van der Waals surface area contributed by atoms with Crippen molar-refractivity contribution >= 4 is 49.9 Å². The fourth-order valence-electron chi connectivity index (χ4n) is 3.54. The van der Waals surface area contributed by atoms with Gasteiger partial charge in [-0.15, -0.1) is 0 Å². The van der Waals surface area contributed by atoms with Crippen molar-refractivity contribution in [3.63, 3.8) is 0 Å². The minimum absolute atomic E-state index is 0.0626. The van der Waals surface area contributed by atoms with Crippen LogP contribution in [0.3, 0.4) is 0 Å². The fraction of sp³-hybridized carbons (Fsp3) is 0.217. The molecule has 2 aromatic carbocycles. The van der Waals surface area contributed by atoms with E-state index < -0.39 is 11.3 Å². The van der Waals surface area contributed by atoms with Crippen LogP contribution in [0, 0.1) is 0 Å². The van der Waals surface area contributed by atoms with E-state index in [4.69, 9.17) is 10.7 Å². The number of rotatable bonds is 4. The van der Waals surface area contributed by atoms with Crippen molar-refractivity contribution in [1.29, 1.82) is 0 Å². The molecule has 0 saturated heterocycles. The summed E-state index contributed by atoms with van der Waals surface area (Å²) in [5.41, 5.74) is 7.01. The van der Waals surface area contributed by atoms with Gasteiger partial charge in [-0.25, -0.2) is 4.98 Å². The van der Waals surface area contributed by atoms with E-state index in [1.54, 1.807) is 16.8 Å². The Bertz CT molecular complexity index is 1410. The highest BCUT2D eigenvalue weighted by Gasteiger charge is 2.23. The molecule has 0 bridgehead atoms. The topological polar surface area (TPSA) is 95.3 Å². The van der Waals surface area contributed by atoms with E-state index in [0.29, 0.717) is 16.7 Å². The predicted molar refractivity (Wildman–Crippen MR) is 127 cm³/mol. The number of primary amides is 1. The van der Waals surface area contributed by atoms with E-state index in [0.717, 1.165) is 20.9 Å². The smallest absolute Gasteiger partial charge is 0.282 e. The third-order valence-corrected chi connectivity index (χ3v) is 5.43. The quantitative estimate of drug-likeness (QED) is 0.451. The van der Waals surface area contributed by atoms with E-state index in [-0.39, 0.29) is 12.1 Å². The summed E-state index contributed by atoms with van der Waals surface area (Å²) in [4.78, 5) is 29.5. The predicted octanol–water partition coefficient (Wildman–Crippen LogP) is 3.78. The molecule has 0 aliphatic heterocycles. The molecule has 4 rings (SSSR count). The minimum Gasteiger partial charge on any atom is -0.368 e. The van der Waals surface area contributed by atoms with Crippen molar-refractivity contribution in [3.05, 3.63) is 74.9 Å². The molecule has 0 radical (unpaired) electrons. The standard InChI is InChI=1S/C23H22BrN5O2/c1-23(2,3)22-27-18-9-8-15(24)10-17(18)21(31)29(22)26-11-14-12-28(13-20(25)30)19-7-5-4-6-16(14)19/h4-12H,13H2,1-3H3,(H2,25,30). The number of benzene rings is 2. The number of amides is 1. The average Bonchev–Trinajstić information content (AvgIpc) is 3.04. The SMILES string of the molecule is CC(C)(C)c1nc2ccc(Br)cc2c(=O)n1N=Cc1cn(CC(N)=O)c2ccccc12. The van der Waals surface area contributed by atoms with Gasteiger partial charge in [0.25, 0.3) is 5.56 Å². The Kier molecular flexibility index (Phi) is 5.26. The van der Waals surface area contributed by atoms with Gasteiger partial charge in [0.1, 0.15) is 12.4 Å². The number of hydrogen-bond donors (Lipinski definition) is 1. The number of nitrogens with zero attached hydrogens (tertiary/aromatic N) is 4. The fourth-order valence-corrected chi connectivity index (χ4v) is 3.90. The lowest BCUT2D eigenvalue weighted by Gasteiger charge is -2.20. The Morgan fingerprint density at radius 2 is 1.94 bits per heavy atom. The Morgan fingerprint density at radius 3 is 2.65 bits per heavy atom. The van der Waals surface area contributed by atoms with Gasteiger partial charge in [-0.3, -0.25) is 9.59 Å². The highest BCUT2D eigenvalue weighted by atomic mass is 79.9. The maximum Gasteiger partial charge on any atom is 0.282 e. The zero-order valence-corrected chi connectivity index (χ0v) is 19.0. The monoisotopic (exact) mass is 479 g/mol. The van der Waals surface area contributed by atoms with Crippen LogP contribution in [0.1, 0.15) is 32.2 Å². The first-order valence-corrected chi connectivity index (χ1v) is 10.6. The normalized spacial score (nSPS) is 12.3. The van der Waals surface area contributed by atoms with Gasteiger partial charge in [0.05, 0.1) is 17.1 Å². The van der Waals surface area contributed by atoms with E-state index >= 15 is 0 Å². The van der Waals surface area contributed by atoms with Gasteiger partial charge in [0.15, 0.2) is 0 Å². The molecule has 0 saturated carbocycles. The highest BCUT2D eigenvalue weighted by molar-refractivity contribution is 9.10. The minimum atomic E-state index is -0.431. The molecule has 0 atom stereocenters. The molecular formula is C23H22BrN5O2. The van der Waals surface area contributed by atoms with Crippen LogP contribution in [0.2, 0.25) is 0 Å². The molecule has 2 aromatic heterocycles. The number of halogens is 1. The largest absolute Gasteiger partial charge is 0.368 e. The van der Waals surface area contributed by atoms with Crippen molar-refractivity contribution < 1.29 is 4.79 Å². The Balaban J connectivity index is 1.92. The molecule has 0 unspecified atom stereocenters. The number of hydrogen-bond acceptors (Lipinski definition) is 4. The zero-order chi connectivity index (χ0) is 22.3. The van der Waals surface area contributed by atoms with Gasteiger partial charge >= 0.3 is 0 Å². The Labute approximate surface area is 187 Å². The van der Waals surface area contributed by atoms with Gasteiger partial charge in [-0.1, -0.05) is 54.9 Å². The van der Waals surface area contributed by atoms with Gasteiger partial charge in [0, 0.05) is 32.6 Å². The molecule has 31 heavy (non-hydrogen) atoms. The van der Waals surface area contributed by atoms with E-state index in [1.165, 1.54) is 4.68 Å². The maximum atomic E-state index is 13.3.